The Morgan fingerprint density at radius 3 is 2.80 bits per heavy atom. The quantitative estimate of drug-likeness (QED) is 0.508. The molecule has 2 aromatic rings. The van der Waals surface area contributed by atoms with Crippen LogP contribution >= 0.6 is 0 Å². The summed E-state index contributed by atoms with van der Waals surface area (Å²) in [6.45, 7) is 1.25. The van der Waals surface area contributed by atoms with E-state index in [1.807, 2.05) is 31.3 Å². The molecule has 1 aromatic carbocycles. The molecule has 0 saturated heterocycles. The van der Waals surface area contributed by atoms with Crippen LogP contribution in [0.2, 0.25) is 0 Å². The smallest absolute Gasteiger partial charge is 0.292 e. The third-order valence-corrected chi connectivity index (χ3v) is 3.02. The average molecular weight is 275 g/mol. The van der Waals surface area contributed by atoms with Gasteiger partial charge in [0.25, 0.3) is 5.69 Å². The predicted molar refractivity (Wildman–Crippen MR) is 75.9 cm³/mol. The minimum Gasteiger partial charge on any atom is -0.393 e. The molecule has 1 aromatic heterocycles. The number of nitro benzene ring substituents is 1. The Balaban J connectivity index is 2.09. The Morgan fingerprint density at radius 2 is 2.20 bits per heavy atom. The highest BCUT2D eigenvalue weighted by Gasteiger charge is 2.15. The zero-order valence-corrected chi connectivity index (χ0v) is 11.5. The van der Waals surface area contributed by atoms with Crippen molar-refractivity contribution in [1.82, 2.24) is 14.7 Å². The first kappa shape index (κ1) is 14.0. The van der Waals surface area contributed by atoms with Crippen molar-refractivity contribution in [1.29, 1.82) is 0 Å². The van der Waals surface area contributed by atoms with Gasteiger partial charge >= 0.3 is 0 Å². The van der Waals surface area contributed by atoms with Gasteiger partial charge in [0.05, 0.1) is 11.1 Å². The largest absolute Gasteiger partial charge is 0.393 e. The molecule has 0 bridgehead atoms. The maximum absolute atomic E-state index is 10.9. The summed E-state index contributed by atoms with van der Waals surface area (Å²) < 4.78 is 1.74. The maximum Gasteiger partial charge on any atom is 0.292 e. The SMILES string of the molecule is CN(Cc1cnn(C)c1)Cc1cccc([N+](=O)[O-])c1N. The molecule has 7 heteroatoms. The summed E-state index contributed by atoms with van der Waals surface area (Å²) in [5, 5.41) is 15.0. The van der Waals surface area contributed by atoms with Crippen molar-refractivity contribution in [2.45, 2.75) is 13.1 Å². The van der Waals surface area contributed by atoms with Crippen LogP contribution < -0.4 is 5.73 Å². The van der Waals surface area contributed by atoms with Crippen LogP contribution in [0.4, 0.5) is 11.4 Å². The van der Waals surface area contributed by atoms with Gasteiger partial charge in [0.1, 0.15) is 5.69 Å². The number of aromatic nitrogens is 2. The van der Waals surface area contributed by atoms with E-state index in [-0.39, 0.29) is 11.4 Å². The van der Waals surface area contributed by atoms with Gasteiger partial charge < -0.3 is 5.73 Å². The van der Waals surface area contributed by atoms with Gasteiger partial charge in [-0.25, -0.2) is 0 Å². The number of nitro groups is 1. The molecule has 0 atom stereocenters. The minimum absolute atomic E-state index is 0.0442. The third kappa shape index (κ3) is 3.12. The fourth-order valence-corrected chi connectivity index (χ4v) is 2.11. The molecule has 20 heavy (non-hydrogen) atoms. The van der Waals surface area contributed by atoms with Gasteiger partial charge in [-0.05, 0) is 12.6 Å². The Hall–Kier alpha value is -2.41. The van der Waals surface area contributed by atoms with Gasteiger partial charge in [0.2, 0.25) is 0 Å². The van der Waals surface area contributed by atoms with Crippen molar-refractivity contribution in [2.24, 2.45) is 7.05 Å². The number of nitrogen functional groups attached to an aromatic ring is 1. The van der Waals surface area contributed by atoms with E-state index in [9.17, 15) is 10.1 Å². The summed E-state index contributed by atoms with van der Waals surface area (Å²) in [7, 11) is 3.80. The summed E-state index contributed by atoms with van der Waals surface area (Å²) >= 11 is 0. The molecule has 0 amide bonds. The number of para-hydroxylation sites is 1. The first-order valence-electron chi connectivity index (χ1n) is 6.15. The molecule has 0 unspecified atom stereocenters. The molecule has 0 aliphatic rings. The molecule has 0 aliphatic carbocycles. The van der Waals surface area contributed by atoms with Crippen molar-refractivity contribution in [2.75, 3.05) is 12.8 Å². The van der Waals surface area contributed by atoms with Crippen molar-refractivity contribution in [3.63, 3.8) is 0 Å². The predicted octanol–water partition coefficient (Wildman–Crippen LogP) is 1.54. The standard InChI is InChI=1S/C13H17N5O2/c1-16(7-10-6-15-17(2)8-10)9-11-4-3-5-12(13(11)14)18(19)20/h3-6,8H,7,9,14H2,1-2H3. The number of aryl methyl sites for hydroxylation is 1. The molecule has 1 heterocycles. The van der Waals surface area contributed by atoms with Crippen LogP contribution in [-0.2, 0) is 20.1 Å². The summed E-state index contributed by atoms with van der Waals surface area (Å²) in [6.07, 6.45) is 3.74. The molecule has 0 fully saturated rings. The molecule has 0 radical (unpaired) electrons. The van der Waals surface area contributed by atoms with Crippen LogP contribution in [0.25, 0.3) is 0 Å². The van der Waals surface area contributed by atoms with Gasteiger partial charge in [-0.1, -0.05) is 12.1 Å². The lowest BCUT2D eigenvalue weighted by Gasteiger charge is -2.16. The van der Waals surface area contributed by atoms with E-state index in [4.69, 9.17) is 5.73 Å². The molecule has 106 valence electrons. The van der Waals surface area contributed by atoms with E-state index in [1.165, 1.54) is 6.07 Å². The van der Waals surface area contributed by atoms with E-state index in [2.05, 4.69) is 5.10 Å². The summed E-state index contributed by atoms with van der Waals surface area (Å²) in [4.78, 5) is 12.4. The zero-order chi connectivity index (χ0) is 14.7. The van der Waals surface area contributed by atoms with Crippen LogP contribution in [0.1, 0.15) is 11.1 Å². The van der Waals surface area contributed by atoms with Crippen molar-refractivity contribution in [3.8, 4) is 0 Å². The number of hydrogen-bond donors (Lipinski definition) is 1. The molecule has 0 aliphatic heterocycles. The number of nitrogens with zero attached hydrogens (tertiary/aromatic N) is 4. The highest BCUT2D eigenvalue weighted by atomic mass is 16.6. The minimum atomic E-state index is -0.458. The van der Waals surface area contributed by atoms with E-state index in [1.54, 1.807) is 16.9 Å². The van der Waals surface area contributed by atoms with E-state index in [0.717, 1.165) is 11.1 Å². The second kappa shape index (κ2) is 5.70. The van der Waals surface area contributed by atoms with Crippen molar-refractivity contribution in [3.05, 3.63) is 51.8 Å². The first-order chi connectivity index (χ1) is 9.47. The zero-order valence-electron chi connectivity index (χ0n) is 11.5. The van der Waals surface area contributed by atoms with E-state index < -0.39 is 4.92 Å². The second-order valence-corrected chi connectivity index (χ2v) is 4.80. The Morgan fingerprint density at radius 1 is 1.45 bits per heavy atom. The van der Waals surface area contributed by atoms with Crippen LogP contribution in [0.15, 0.2) is 30.6 Å². The molecule has 2 rings (SSSR count). The monoisotopic (exact) mass is 275 g/mol. The number of rotatable bonds is 5. The number of hydrogen-bond acceptors (Lipinski definition) is 5. The van der Waals surface area contributed by atoms with Crippen molar-refractivity contribution >= 4 is 11.4 Å². The van der Waals surface area contributed by atoms with Gasteiger partial charge in [-0.3, -0.25) is 19.7 Å². The Bertz CT molecular complexity index is 623. The lowest BCUT2D eigenvalue weighted by atomic mass is 10.1. The molecular weight excluding hydrogens is 258 g/mol. The maximum atomic E-state index is 10.9. The molecule has 2 N–H and O–H groups in total. The highest BCUT2D eigenvalue weighted by molar-refractivity contribution is 5.62. The van der Waals surface area contributed by atoms with Gasteiger partial charge in [-0.2, -0.15) is 5.10 Å². The van der Waals surface area contributed by atoms with Crippen LogP contribution in [0, 0.1) is 10.1 Å². The highest BCUT2D eigenvalue weighted by Crippen LogP contribution is 2.25. The van der Waals surface area contributed by atoms with E-state index in [0.29, 0.717) is 13.1 Å². The van der Waals surface area contributed by atoms with Gasteiger partial charge in [-0.15, -0.1) is 0 Å². The van der Waals surface area contributed by atoms with Gasteiger partial charge in [0.15, 0.2) is 0 Å². The molecular formula is C13H17N5O2. The molecule has 0 saturated carbocycles. The van der Waals surface area contributed by atoms with Crippen LogP contribution in [0.5, 0.6) is 0 Å². The Kier molecular flexibility index (Phi) is 3.99. The first-order valence-corrected chi connectivity index (χ1v) is 6.15. The normalized spacial score (nSPS) is 10.9. The fraction of sp³-hybridized carbons (Fsp3) is 0.308. The van der Waals surface area contributed by atoms with Crippen molar-refractivity contribution < 1.29 is 4.92 Å². The molecule has 7 nitrogen and oxygen atoms in total. The number of anilines is 1. The fourth-order valence-electron chi connectivity index (χ4n) is 2.11. The topological polar surface area (TPSA) is 90.2 Å². The summed E-state index contributed by atoms with van der Waals surface area (Å²) in [5.41, 5.74) is 7.87. The Labute approximate surface area is 116 Å². The summed E-state index contributed by atoms with van der Waals surface area (Å²) in [6, 6.07) is 4.88. The van der Waals surface area contributed by atoms with Crippen LogP contribution in [-0.4, -0.2) is 26.7 Å². The van der Waals surface area contributed by atoms with E-state index >= 15 is 0 Å². The van der Waals surface area contributed by atoms with Crippen LogP contribution in [0.3, 0.4) is 0 Å². The lowest BCUT2D eigenvalue weighted by Crippen LogP contribution is -2.18. The third-order valence-electron chi connectivity index (χ3n) is 3.02. The molecule has 0 spiro atoms. The second-order valence-electron chi connectivity index (χ2n) is 4.80. The van der Waals surface area contributed by atoms with Gasteiger partial charge in [0, 0.05) is 38.0 Å². The average Bonchev–Trinajstić information content (AvgIpc) is 2.77. The number of benzene rings is 1. The lowest BCUT2D eigenvalue weighted by molar-refractivity contribution is -0.384. The summed E-state index contributed by atoms with van der Waals surface area (Å²) in [5.74, 6) is 0. The number of nitrogens with two attached hydrogens (primary N) is 1.